The highest BCUT2D eigenvalue weighted by Crippen LogP contribution is 2.23. The minimum absolute atomic E-state index is 0.269. The van der Waals surface area contributed by atoms with Gasteiger partial charge in [-0.15, -0.1) is 0 Å². The number of nitrogens with one attached hydrogen (secondary N) is 3. The van der Waals surface area contributed by atoms with Crippen molar-refractivity contribution in [1.29, 1.82) is 0 Å². The molecule has 3 aromatic carbocycles. The highest BCUT2D eigenvalue weighted by Gasteiger charge is 2.08. The molecule has 0 saturated carbocycles. The summed E-state index contributed by atoms with van der Waals surface area (Å²) in [6.07, 6.45) is 1.62. The Kier molecular flexibility index (Phi) is 6.92. The lowest BCUT2D eigenvalue weighted by molar-refractivity contribution is 0.394. The van der Waals surface area contributed by atoms with Gasteiger partial charge in [-0.05, 0) is 36.4 Å². The minimum atomic E-state index is 0.269. The number of hydrogen-bond acceptors (Lipinski definition) is 9. The molecule has 0 radical (unpaired) electrons. The van der Waals surface area contributed by atoms with E-state index in [4.69, 9.17) is 9.47 Å². The molecule has 0 spiro atoms. The number of anilines is 5. The number of ether oxygens (including phenoxy) is 2. The Morgan fingerprint density at radius 1 is 0.697 bits per heavy atom. The number of hydrogen-bond donors (Lipinski definition) is 3. The monoisotopic (exact) mass is 441 g/mol. The van der Waals surface area contributed by atoms with E-state index < -0.39 is 0 Å². The van der Waals surface area contributed by atoms with Crippen molar-refractivity contribution in [1.82, 2.24) is 15.0 Å². The Morgan fingerprint density at radius 3 is 1.82 bits per heavy atom. The number of methoxy groups -OCH3 is 2. The fourth-order valence-electron chi connectivity index (χ4n) is 2.92. The summed E-state index contributed by atoms with van der Waals surface area (Å²) < 4.78 is 10.6. The highest BCUT2D eigenvalue weighted by molar-refractivity contribution is 5.84. The van der Waals surface area contributed by atoms with Crippen LogP contribution in [0.3, 0.4) is 0 Å². The largest absolute Gasteiger partial charge is 0.497 e. The minimum Gasteiger partial charge on any atom is -0.497 e. The van der Waals surface area contributed by atoms with Crippen LogP contribution in [0.1, 0.15) is 5.56 Å². The first-order valence-corrected chi connectivity index (χ1v) is 10.1. The van der Waals surface area contributed by atoms with E-state index in [1.807, 2.05) is 72.8 Å². The van der Waals surface area contributed by atoms with E-state index in [1.165, 1.54) is 0 Å². The van der Waals surface area contributed by atoms with Gasteiger partial charge in [0.25, 0.3) is 0 Å². The molecule has 9 nitrogen and oxygen atoms in total. The zero-order valence-electron chi connectivity index (χ0n) is 18.2. The summed E-state index contributed by atoms with van der Waals surface area (Å²) in [6, 6.07) is 24.8. The zero-order chi connectivity index (χ0) is 22.9. The maximum absolute atomic E-state index is 5.40. The zero-order valence-corrected chi connectivity index (χ0v) is 18.2. The van der Waals surface area contributed by atoms with Crippen LogP contribution in [0.25, 0.3) is 0 Å². The van der Waals surface area contributed by atoms with Crippen LogP contribution >= 0.6 is 0 Å². The van der Waals surface area contributed by atoms with Crippen LogP contribution in [0.2, 0.25) is 0 Å². The molecule has 0 atom stereocenters. The molecule has 166 valence electrons. The molecule has 0 aliphatic carbocycles. The molecule has 0 fully saturated rings. The Morgan fingerprint density at radius 2 is 1.27 bits per heavy atom. The molecule has 0 amide bonds. The van der Waals surface area contributed by atoms with Crippen LogP contribution in [0.4, 0.5) is 29.2 Å². The summed E-state index contributed by atoms with van der Waals surface area (Å²) in [7, 11) is 3.20. The lowest BCUT2D eigenvalue weighted by Gasteiger charge is -2.10. The van der Waals surface area contributed by atoms with Crippen LogP contribution in [-0.4, -0.2) is 35.4 Å². The average molecular weight is 441 g/mol. The van der Waals surface area contributed by atoms with Crippen molar-refractivity contribution in [2.45, 2.75) is 0 Å². The number of nitrogens with zero attached hydrogens (tertiary/aromatic N) is 4. The first kappa shape index (κ1) is 21.6. The summed E-state index contributed by atoms with van der Waals surface area (Å²) >= 11 is 0. The molecule has 1 heterocycles. The SMILES string of the molecule is COc1ccc(C=NNc2nc(Nc3ccccc3)nc(Nc3ccccc3)n2)c(OC)c1. The summed E-state index contributed by atoms with van der Waals surface area (Å²) in [5, 5.41) is 10.6. The lowest BCUT2D eigenvalue weighted by Crippen LogP contribution is -2.07. The van der Waals surface area contributed by atoms with Crippen molar-refractivity contribution in [3.05, 3.63) is 84.4 Å². The third-order valence-electron chi connectivity index (χ3n) is 4.50. The summed E-state index contributed by atoms with van der Waals surface area (Å²) in [6.45, 7) is 0. The van der Waals surface area contributed by atoms with Gasteiger partial charge in [0.2, 0.25) is 17.8 Å². The number of rotatable bonds is 9. The van der Waals surface area contributed by atoms with Gasteiger partial charge in [0.05, 0.1) is 20.4 Å². The second kappa shape index (κ2) is 10.6. The van der Waals surface area contributed by atoms with E-state index in [9.17, 15) is 0 Å². The van der Waals surface area contributed by atoms with Gasteiger partial charge in [-0.25, -0.2) is 5.43 Å². The maximum Gasteiger partial charge on any atom is 0.250 e. The normalized spacial score (nSPS) is 10.6. The Balaban J connectivity index is 1.57. The third-order valence-corrected chi connectivity index (χ3v) is 4.50. The van der Waals surface area contributed by atoms with Crippen LogP contribution in [0, 0.1) is 0 Å². The molecule has 0 saturated heterocycles. The van der Waals surface area contributed by atoms with Crippen LogP contribution in [0.5, 0.6) is 11.5 Å². The predicted molar refractivity (Wildman–Crippen MR) is 130 cm³/mol. The first-order chi connectivity index (χ1) is 16.2. The van der Waals surface area contributed by atoms with E-state index >= 15 is 0 Å². The smallest absolute Gasteiger partial charge is 0.250 e. The van der Waals surface area contributed by atoms with Crippen molar-refractivity contribution in [2.24, 2.45) is 5.10 Å². The number of benzene rings is 3. The van der Waals surface area contributed by atoms with Crippen LogP contribution < -0.4 is 25.5 Å². The molecule has 1 aromatic heterocycles. The van der Waals surface area contributed by atoms with Gasteiger partial charge in [-0.2, -0.15) is 20.1 Å². The van der Waals surface area contributed by atoms with Gasteiger partial charge in [0, 0.05) is 23.0 Å². The molecule has 4 rings (SSSR count). The van der Waals surface area contributed by atoms with Gasteiger partial charge in [0.1, 0.15) is 11.5 Å². The molecule has 0 bridgehead atoms. The number of hydrazone groups is 1. The van der Waals surface area contributed by atoms with Gasteiger partial charge in [0.15, 0.2) is 0 Å². The summed E-state index contributed by atoms with van der Waals surface area (Å²) in [4.78, 5) is 13.3. The Bertz CT molecular complexity index is 1160. The van der Waals surface area contributed by atoms with Crippen molar-refractivity contribution in [3.63, 3.8) is 0 Å². The first-order valence-electron chi connectivity index (χ1n) is 10.1. The van der Waals surface area contributed by atoms with Gasteiger partial charge in [-0.3, -0.25) is 0 Å². The van der Waals surface area contributed by atoms with Gasteiger partial charge in [-0.1, -0.05) is 36.4 Å². The predicted octanol–water partition coefficient (Wildman–Crippen LogP) is 4.82. The standard InChI is InChI=1S/C24H23N7O2/c1-32-20-14-13-17(21(15-20)33-2)16-25-31-24-29-22(26-18-9-5-3-6-10-18)28-23(30-24)27-19-11-7-4-8-12-19/h3-16H,1-2H3,(H3,26,27,28,29,30,31). The van der Waals surface area contributed by atoms with Crippen molar-refractivity contribution < 1.29 is 9.47 Å². The van der Waals surface area contributed by atoms with Crippen molar-refractivity contribution >= 4 is 35.4 Å². The quantitative estimate of drug-likeness (QED) is 0.251. The third kappa shape index (κ3) is 5.95. The molecule has 4 aromatic rings. The van der Waals surface area contributed by atoms with E-state index in [2.05, 4.69) is 36.1 Å². The van der Waals surface area contributed by atoms with Crippen LogP contribution in [0.15, 0.2) is 84.0 Å². The molecular formula is C24H23N7O2. The topological polar surface area (TPSA) is 106 Å². The molecule has 9 heteroatoms. The van der Waals surface area contributed by atoms with Gasteiger partial charge < -0.3 is 20.1 Å². The van der Waals surface area contributed by atoms with Crippen LogP contribution in [-0.2, 0) is 0 Å². The highest BCUT2D eigenvalue weighted by atomic mass is 16.5. The fourth-order valence-corrected chi connectivity index (χ4v) is 2.92. The Labute approximate surface area is 191 Å². The van der Waals surface area contributed by atoms with Gasteiger partial charge >= 0.3 is 0 Å². The maximum atomic E-state index is 5.40. The molecule has 0 aliphatic rings. The number of aromatic nitrogens is 3. The van der Waals surface area contributed by atoms with Crippen molar-refractivity contribution in [3.8, 4) is 11.5 Å². The average Bonchev–Trinajstić information content (AvgIpc) is 2.85. The number of para-hydroxylation sites is 2. The second-order valence-corrected chi connectivity index (χ2v) is 6.77. The fraction of sp³-hybridized carbons (Fsp3) is 0.0833. The van der Waals surface area contributed by atoms with E-state index in [0.29, 0.717) is 23.4 Å². The summed E-state index contributed by atoms with van der Waals surface area (Å²) in [5.74, 6) is 2.34. The summed E-state index contributed by atoms with van der Waals surface area (Å²) in [5.41, 5.74) is 5.34. The second-order valence-electron chi connectivity index (χ2n) is 6.77. The molecule has 3 N–H and O–H groups in total. The molecule has 0 unspecified atom stereocenters. The van der Waals surface area contributed by atoms with Crippen molar-refractivity contribution in [2.75, 3.05) is 30.3 Å². The molecule has 33 heavy (non-hydrogen) atoms. The Hall–Kier alpha value is -4.66. The van der Waals surface area contributed by atoms with E-state index in [-0.39, 0.29) is 5.95 Å². The van der Waals surface area contributed by atoms with E-state index in [0.717, 1.165) is 16.9 Å². The lowest BCUT2D eigenvalue weighted by atomic mass is 10.2. The molecule has 0 aliphatic heterocycles. The molecular weight excluding hydrogens is 418 g/mol. The van der Waals surface area contributed by atoms with E-state index in [1.54, 1.807) is 26.5 Å².